The second-order valence-electron chi connectivity index (χ2n) is 5.67. The number of hydrogen-bond donors (Lipinski definition) is 1. The Labute approximate surface area is 145 Å². The van der Waals surface area contributed by atoms with Crippen molar-refractivity contribution < 1.29 is 0 Å². The summed E-state index contributed by atoms with van der Waals surface area (Å²) < 4.78 is 1.54. The Balaban J connectivity index is 2.10. The summed E-state index contributed by atoms with van der Waals surface area (Å²) in [6.07, 6.45) is 0. The van der Waals surface area contributed by atoms with Crippen LogP contribution in [0, 0.1) is 13.8 Å². The molecule has 0 aliphatic carbocycles. The molecule has 1 aromatic heterocycles. The van der Waals surface area contributed by atoms with Crippen LogP contribution in [-0.2, 0) is 0 Å². The van der Waals surface area contributed by atoms with Crippen molar-refractivity contribution in [2.24, 2.45) is 4.99 Å². The normalized spacial score (nSPS) is 11.8. The van der Waals surface area contributed by atoms with Gasteiger partial charge in [0.25, 0.3) is 5.56 Å². The first-order valence-corrected chi connectivity index (χ1v) is 8.04. The molecular formula is C19H18ClN3O. The molecule has 0 atom stereocenters. The number of nitrogens with one attached hydrogen (secondary N) is 1. The number of aromatic amines is 1. The number of benzene rings is 2. The fourth-order valence-corrected chi connectivity index (χ4v) is 2.85. The van der Waals surface area contributed by atoms with Gasteiger partial charge in [0, 0.05) is 10.7 Å². The van der Waals surface area contributed by atoms with Crippen LogP contribution in [-0.4, -0.2) is 15.5 Å². The smallest absolute Gasteiger partial charge is 0.280 e. The van der Waals surface area contributed by atoms with E-state index in [2.05, 4.69) is 10.1 Å². The molecule has 1 N–H and O–H groups in total. The van der Waals surface area contributed by atoms with Crippen LogP contribution in [0.3, 0.4) is 0 Å². The average Bonchev–Trinajstić information content (AvgIpc) is 2.87. The van der Waals surface area contributed by atoms with E-state index < -0.39 is 0 Å². The maximum absolute atomic E-state index is 12.8. The maximum Gasteiger partial charge on any atom is 0.280 e. The first-order chi connectivity index (χ1) is 11.5. The van der Waals surface area contributed by atoms with E-state index in [1.54, 1.807) is 0 Å². The van der Waals surface area contributed by atoms with Crippen LogP contribution in [0.1, 0.15) is 23.7 Å². The number of aliphatic imine (C=N–C) groups is 1. The Hall–Kier alpha value is -2.59. The van der Waals surface area contributed by atoms with Gasteiger partial charge < -0.3 is 0 Å². The van der Waals surface area contributed by atoms with E-state index in [1.165, 1.54) is 4.68 Å². The third-order valence-electron chi connectivity index (χ3n) is 3.97. The molecule has 0 spiro atoms. The van der Waals surface area contributed by atoms with E-state index in [4.69, 9.17) is 11.6 Å². The summed E-state index contributed by atoms with van der Waals surface area (Å²) in [7, 11) is 0. The fraction of sp³-hybridized carbons (Fsp3) is 0.158. The van der Waals surface area contributed by atoms with Crippen LogP contribution in [0.4, 0.5) is 5.69 Å². The Morgan fingerprint density at radius 2 is 1.79 bits per heavy atom. The van der Waals surface area contributed by atoms with E-state index in [0.29, 0.717) is 16.3 Å². The summed E-state index contributed by atoms with van der Waals surface area (Å²) in [5.74, 6) is 0. The second-order valence-corrected chi connectivity index (χ2v) is 6.08. The lowest BCUT2D eigenvalue weighted by Gasteiger charge is -2.04. The van der Waals surface area contributed by atoms with Gasteiger partial charge in [-0.1, -0.05) is 35.9 Å². The van der Waals surface area contributed by atoms with Gasteiger partial charge >= 0.3 is 0 Å². The molecule has 3 aromatic rings. The van der Waals surface area contributed by atoms with Crippen LogP contribution < -0.4 is 5.56 Å². The first kappa shape index (κ1) is 16.3. The van der Waals surface area contributed by atoms with E-state index in [0.717, 1.165) is 22.6 Å². The summed E-state index contributed by atoms with van der Waals surface area (Å²) in [4.78, 5) is 17.4. The lowest BCUT2D eigenvalue weighted by Crippen LogP contribution is -2.19. The summed E-state index contributed by atoms with van der Waals surface area (Å²) >= 11 is 6.15. The Bertz CT molecular complexity index is 968. The molecule has 0 aliphatic heterocycles. The summed E-state index contributed by atoms with van der Waals surface area (Å²) in [6.45, 7) is 5.63. The van der Waals surface area contributed by atoms with E-state index in [-0.39, 0.29) is 5.56 Å². The molecule has 0 radical (unpaired) electrons. The van der Waals surface area contributed by atoms with Gasteiger partial charge in [-0.2, -0.15) is 0 Å². The molecule has 0 saturated carbocycles. The summed E-state index contributed by atoms with van der Waals surface area (Å²) in [5.41, 5.74) is 4.38. The Kier molecular flexibility index (Phi) is 4.40. The van der Waals surface area contributed by atoms with Gasteiger partial charge in [0.15, 0.2) is 0 Å². The Morgan fingerprint density at radius 3 is 2.50 bits per heavy atom. The van der Waals surface area contributed by atoms with Crippen molar-refractivity contribution in [3.05, 3.63) is 80.7 Å². The average molecular weight is 340 g/mol. The quantitative estimate of drug-likeness (QED) is 0.698. The zero-order valence-corrected chi connectivity index (χ0v) is 14.6. The van der Waals surface area contributed by atoms with Crippen molar-refractivity contribution in [3.63, 3.8) is 0 Å². The molecule has 0 unspecified atom stereocenters. The highest BCUT2D eigenvalue weighted by Crippen LogP contribution is 2.26. The molecule has 0 aliphatic rings. The molecular weight excluding hydrogens is 322 g/mol. The number of para-hydroxylation sites is 1. The monoisotopic (exact) mass is 339 g/mol. The highest BCUT2D eigenvalue weighted by atomic mass is 35.5. The molecule has 0 fully saturated rings. The second kappa shape index (κ2) is 6.49. The van der Waals surface area contributed by atoms with Crippen molar-refractivity contribution >= 4 is 23.0 Å². The molecule has 4 nitrogen and oxygen atoms in total. The minimum absolute atomic E-state index is 0.111. The van der Waals surface area contributed by atoms with Crippen molar-refractivity contribution in [1.82, 2.24) is 9.78 Å². The molecule has 0 bridgehead atoms. The minimum Gasteiger partial charge on any atom is -0.295 e. The number of aromatic nitrogens is 2. The lowest BCUT2D eigenvalue weighted by atomic mass is 10.1. The molecule has 1 heterocycles. The van der Waals surface area contributed by atoms with Gasteiger partial charge in [0.2, 0.25) is 0 Å². The molecule has 2 aromatic carbocycles. The Morgan fingerprint density at radius 1 is 1.08 bits per heavy atom. The van der Waals surface area contributed by atoms with Crippen LogP contribution in [0.15, 0.2) is 58.3 Å². The third kappa shape index (κ3) is 2.93. The maximum atomic E-state index is 12.8. The van der Waals surface area contributed by atoms with Gasteiger partial charge in [-0.25, -0.2) is 4.68 Å². The van der Waals surface area contributed by atoms with Gasteiger partial charge in [-0.3, -0.25) is 14.9 Å². The van der Waals surface area contributed by atoms with Gasteiger partial charge in [-0.05, 0) is 50.6 Å². The lowest BCUT2D eigenvalue weighted by molar-refractivity contribution is 0.835. The van der Waals surface area contributed by atoms with Crippen LogP contribution in [0.5, 0.6) is 0 Å². The molecule has 0 amide bonds. The van der Waals surface area contributed by atoms with Crippen LogP contribution >= 0.6 is 11.6 Å². The SMILES string of the molecule is CC(=Nc1cccc(Cl)c1C)c1c(C)[nH]n(-c2ccccc2)c1=O. The van der Waals surface area contributed by atoms with Gasteiger partial charge in [-0.15, -0.1) is 0 Å². The zero-order valence-electron chi connectivity index (χ0n) is 13.8. The molecule has 3 rings (SSSR count). The predicted molar refractivity (Wildman–Crippen MR) is 99.2 cm³/mol. The van der Waals surface area contributed by atoms with Crippen molar-refractivity contribution in [3.8, 4) is 5.69 Å². The topological polar surface area (TPSA) is 50.1 Å². The van der Waals surface area contributed by atoms with Crippen molar-refractivity contribution in [2.45, 2.75) is 20.8 Å². The fourth-order valence-electron chi connectivity index (χ4n) is 2.69. The largest absolute Gasteiger partial charge is 0.295 e. The third-order valence-corrected chi connectivity index (χ3v) is 4.38. The highest BCUT2D eigenvalue weighted by molar-refractivity contribution is 6.31. The number of halogens is 1. The van der Waals surface area contributed by atoms with Crippen molar-refractivity contribution in [2.75, 3.05) is 0 Å². The number of H-pyrrole nitrogens is 1. The van der Waals surface area contributed by atoms with Gasteiger partial charge in [0.1, 0.15) is 0 Å². The molecule has 5 heteroatoms. The molecule has 24 heavy (non-hydrogen) atoms. The number of aryl methyl sites for hydroxylation is 1. The minimum atomic E-state index is -0.111. The standard InChI is InChI=1S/C19H18ClN3O/c1-12-16(20)10-7-11-17(12)21-13(2)18-14(3)22-23(19(18)24)15-8-5-4-6-9-15/h4-11,22H,1-3H3. The zero-order chi connectivity index (χ0) is 17.3. The predicted octanol–water partition coefficient (Wildman–Crippen LogP) is 4.58. The van der Waals surface area contributed by atoms with E-state index in [1.807, 2.05) is 69.3 Å². The molecule has 0 saturated heterocycles. The number of hydrogen-bond acceptors (Lipinski definition) is 2. The molecule has 122 valence electrons. The van der Waals surface area contributed by atoms with E-state index >= 15 is 0 Å². The highest BCUT2D eigenvalue weighted by Gasteiger charge is 2.15. The summed E-state index contributed by atoms with van der Waals surface area (Å²) in [6, 6.07) is 15.1. The van der Waals surface area contributed by atoms with Crippen LogP contribution in [0.25, 0.3) is 5.69 Å². The van der Waals surface area contributed by atoms with Crippen molar-refractivity contribution in [1.29, 1.82) is 0 Å². The summed E-state index contributed by atoms with van der Waals surface area (Å²) in [5, 5.41) is 3.78. The van der Waals surface area contributed by atoms with E-state index in [9.17, 15) is 4.79 Å². The number of rotatable bonds is 3. The first-order valence-electron chi connectivity index (χ1n) is 7.67. The number of nitrogens with zero attached hydrogens (tertiary/aromatic N) is 2. The van der Waals surface area contributed by atoms with Crippen LogP contribution in [0.2, 0.25) is 5.02 Å². The van der Waals surface area contributed by atoms with Gasteiger partial charge in [0.05, 0.1) is 22.6 Å².